The van der Waals surface area contributed by atoms with Crippen LogP contribution in [0.3, 0.4) is 0 Å². The van der Waals surface area contributed by atoms with Gasteiger partial charge in [-0.25, -0.2) is 4.98 Å². The van der Waals surface area contributed by atoms with Crippen LogP contribution in [0.1, 0.15) is 29.3 Å². The molecular weight excluding hydrogens is 475 g/mol. The van der Waals surface area contributed by atoms with Crippen molar-refractivity contribution in [3.8, 4) is 0 Å². The maximum atomic E-state index is 13.0. The summed E-state index contributed by atoms with van der Waals surface area (Å²) in [4.78, 5) is 37.6. The Labute approximate surface area is 206 Å². The predicted octanol–water partition coefficient (Wildman–Crippen LogP) is 4.13. The summed E-state index contributed by atoms with van der Waals surface area (Å²) in [7, 11) is 1.01. The number of hydrogen-bond acceptors (Lipinski definition) is 7. The van der Waals surface area contributed by atoms with Gasteiger partial charge in [-0.05, 0) is 48.7 Å². The van der Waals surface area contributed by atoms with Gasteiger partial charge in [0.05, 0.1) is 0 Å². The van der Waals surface area contributed by atoms with Crippen molar-refractivity contribution in [2.75, 3.05) is 41.0 Å². The van der Waals surface area contributed by atoms with Gasteiger partial charge < -0.3 is 20.9 Å². The summed E-state index contributed by atoms with van der Waals surface area (Å²) in [6.07, 6.45) is 1.31. The van der Waals surface area contributed by atoms with Crippen LogP contribution < -0.4 is 20.9 Å². The van der Waals surface area contributed by atoms with Crippen LogP contribution in [0.2, 0.25) is 0 Å². The molecule has 3 rings (SSSR count). The standard InChI is InChI=1S/C24H26F3N7O2/c1-3-10-29-20-19(15-31-23(33-20)30-13-9-16-7-11-28-12-8-16)21(35)32-17-5-4-6-18(14-17)34(2)22(36)24(25,26)27/h4-8,11-12,14-15H,3,9-10,13H2,1-2H3,(H,32,35)(H2,29,30,31,33). The molecule has 0 unspecified atom stereocenters. The van der Waals surface area contributed by atoms with E-state index < -0.39 is 18.0 Å². The zero-order valence-corrected chi connectivity index (χ0v) is 19.8. The van der Waals surface area contributed by atoms with E-state index >= 15 is 0 Å². The average Bonchev–Trinajstić information content (AvgIpc) is 2.87. The molecule has 2 aromatic heterocycles. The third kappa shape index (κ3) is 7.14. The monoisotopic (exact) mass is 501 g/mol. The Morgan fingerprint density at radius 2 is 1.81 bits per heavy atom. The molecule has 0 saturated heterocycles. The first-order valence-corrected chi connectivity index (χ1v) is 11.2. The normalized spacial score (nSPS) is 11.0. The molecule has 0 bridgehead atoms. The summed E-state index contributed by atoms with van der Waals surface area (Å²) in [5.74, 6) is -1.92. The topological polar surface area (TPSA) is 112 Å². The van der Waals surface area contributed by atoms with Crippen LogP contribution in [-0.2, 0) is 11.2 Å². The molecule has 0 aliphatic carbocycles. The minimum atomic E-state index is -5.01. The molecule has 0 aliphatic heterocycles. The number of nitrogens with one attached hydrogen (secondary N) is 3. The van der Waals surface area contributed by atoms with E-state index in [9.17, 15) is 22.8 Å². The summed E-state index contributed by atoms with van der Waals surface area (Å²) < 4.78 is 38.3. The second-order valence-corrected chi connectivity index (χ2v) is 7.78. The largest absolute Gasteiger partial charge is 0.471 e. The first kappa shape index (κ1) is 26.4. The number of aromatic nitrogens is 3. The van der Waals surface area contributed by atoms with Crippen LogP contribution in [-0.4, -0.2) is 53.1 Å². The van der Waals surface area contributed by atoms with Crippen LogP contribution in [0.15, 0.2) is 55.0 Å². The molecule has 3 N–H and O–H groups in total. The smallest absolute Gasteiger partial charge is 0.369 e. The van der Waals surface area contributed by atoms with Gasteiger partial charge in [0.25, 0.3) is 5.91 Å². The Bertz CT molecular complexity index is 1190. The van der Waals surface area contributed by atoms with E-state index in [1.807, 2.05) is 19.1 Å². The Balaban J connectivity index is 1.73. The van der Waals surface area contributed by atoms with Crippen molar-refractivity contribution in [3.05, 3.63) is 66.1 Å². The lowest BCUT2D eigenvalue weighted by Crippen LogP contribution is -2.38. The van der Waals surface area contributed by atoms with Gasteiger partial charge >= 0.3 is 12.1 Å². The summed E-state index contributed by atoms with van der Waals surface area (Å²) in [6, 6.07) is 9.38. The lowest BCUT2D eigenvalue weighted by molar-refractivity contribution is -0.170. The number of pyridine rings is 1. The molecule has 2 heterocycles. The van der Waals surface area contributed by atoms with E-state index in [0.29, 0.717) is 29.8 Å². The van der Waals surface area contributed by atoms with Gasteiger partial charge in [0.2, 0.25) is 5.95 Å². The van der Waals surface area contributed by atoms with E-state index in [2.05, 4.69) is 30.9 Å². The summed E-state index contributed by atoms with van der Waals surface area (Å²) in [5, 5.41) is 8.85. The van der Waals surface area contributed by atoms with Gasteiger partial charge in [0, 0.05) is 50.1 Å². The zero-order valence-electron chi connectivity index (χ0n) is 19.8. The van der Waals surface area contributed by atoms with Crippen molar-refractivity contribution in [2.24, 2.45) is 0 Å². The first-order chi connectivity index (χ1) is 17.2. The predicted molar refractivity (Wildman–Crippen MR) is 131 cm³/mol. The van der Waals surface area contributed by atoms with E-state index in [1.165, 1.54) is 30.5 Å². The molecule has 9 nitrogen and oxygen atoms in total. The third-order valence-electron chi connectivity index (χ3n) is 5.06. The number of nitrogens with zero attached hydrogens (tertiary/aromatic N) is 4. The lowest BCUT2D eigenvalue weighted by atomic mass is 10.2. The Hall–Kier alpha value is -4.22. The minimum Gasteiger partial charge on any atom is -0.369 e. The van der Waals surface area contributed by atoms with Crippen molar-refractivity contribution in [3.63, 3.8) is 0 Å². The second-order valence-electron chi connectivity index (χ2n) is 7.78. The average molecular weight is 502 g/mol. The van der Waals surface area contributed by atoms with Crippen molar-refractivity contribution in [1.82, 2.24) is 15.0 Å². The highest BCUT2D eigenvalue weighted by Gasteiger charge is 2.41. The van der Waals surface area contributed by atoms with Gasteiger partial charge in [-0.3, -0.25) is 14.6 Å². The molecule has 0 aliphatic rings. The molecular formula is C24H26F3N7O2. The van der Waals surface area contributed by atoms with Gasteiger partial charge in [-0.2, -0.15) is 18.2 Å². The number of carbonyl (C=O) groups is 2. The fourth-order valence-corrected chi connectivity index (χ4v) is 3.18. The number of alkyl halides is 3. The number of halogens is 3. The molecule has 0 fully saturated rings. The number of hydrogen-bond donors (Lipinski definition) is 3. The minimum absolute atomic E-state index is 0.0237. The molecule has 190 valence electrons. The highest BCUT2D eigenvalue weighted by molar-refractivity contribution is 6.07. The molecule has 3 aromatic rings. The maximum Gasteiger partial charge on any atom is 0.471 e. The van der Waals surface area contributed by atoms with E-state index in [0.717, 1.165) is 25.5 Å². The Morgan fingerprint density at radius 3 is 2.50 bits per heavy atom. The van der Waals surface area contributed by atoms with Crippen molar-refractivity contribution < 1.29 is 22.8 Å². The molecule has 0 atom stereocenters. The Kier molecular flexibility index (Phi) is 8.76. The van der Waals surface area contributed by atoms with Gasteiger partial charge in [0.1, 0.15) is 11.4 Å². The lowest BCUT2D eigenvalue weighted by Gasteiger charge is -2.19. The molecule has 0 spiro atoms. The van der Waals surface area contributed by atoms with Gasteiger partial charge in [0.15, 0.2) is 0 Å². The van der Waals surface area contributed by atoms with E-state index in [-0.39, 0.29) is 16.9 Å². The van der Waals surface area contributed by atoms with Crippen LogP contribution >= 0.6 is 0 Å². The number of rotatable bonds is 10. The fraction of sp³-hybridized carbons (Fsp3) is 0.292. The second kappa shape index (κ2) is 12.0. The number of anilines is 4. The van der Waals surface area contributed by atoms with Crippen molar-refractivity contribution >= 4 is 35.0 Å². The van der Waals surface area contributed by atoms with Gasteiger partial charge in [-0.15, -0.1) is 0 Å². The highest BCUT2D eigenvalue weighted by atomic mass is 19.4. The highest BCUT2D eigenvalue weighted by Crippen LogP contribution is 2.25. The summed E-state index contributed by atoms with van der Waals surface area (Å²) >= 11 is 0. The summed E-state index contributed by atoms with van der Waals surface area (Å²) in [5.41, 5.74) is 1.45. The number of amides is 2. The van der Waals surface area contributed by atoms with Crippen molar-refractivity contribution in [2.45, 2.75) is 25.9 Å². The molecule has 0 radical (unpaired) electrons. The SMILES string of the molecule is CCCNc1nc(NCCc2ccncc2)ncc1C(=O)Nc1cccc(N(C)C(=O)C(F)(F)F)c1. The fourth-order valence-electron chi connectivity index (χ4n) is 3.18. The number of benzene rings is 1. The Morgan fingerprint density at radius 1 is 1.06 bits per heavy atom. The first-order valence-electron chi connectivity index (χ1n) is 11.2. The van der Waals surface area contributed by atoms with Crippen LogP contribution in [0, 0.1) is 0 Å². The van der Waals surface area contributed by atoms with E-state index in [1.54, 1.807) is 12.4 Å². The molecule has 1 aromatic carbocycles. The molecule has 2 amide bonds. The quantitative estimate of drug-likeness (QED) is 0.383. The number of carbonyl (C=O) groups excluding carboxylic acids is 2. The van der Waals surface area contributed by atoms with Crippen LogP contribution in [0.5, 0.6) is 0 Å². The summed E-state index contributed by atoms with van der Waals surface area (Å²) in [6.45, 7) is 3.10. The maximum absolute atomic E-state index is 13.0. The molecule has 12 heteroatoms. The third-order valence-corrected chi connectivity index (χ3v) is 5.06. The molecule has 36 heavy (non-hydrogen) atoms. The van der Waals surface area contributed by atoms with E-state index in [4.69, 9.17) is 0 Å². The van der Waals surface area contributed by atoms with Crippen LogP contribution in [0.4, 0.5) is 36.3 Å². The van der Waals surface area contributed by atoms with Gasteiger partial charge in [-0.1, -0.05) is 13.0 Å². The van der Waals surface area contributed by atoms with Crippen LogP contribution in [0.25, 0.3) is 0 Å². The van der Waals surface area contributed by atoms with Crippen molar-refractivity contribution in [1.29, 1.82) is 0 Å². The zero-order chi connectivity index (χ0) is 26.1. The molecule has 0 saturated carbocycles.